The zero-order valence-corrected chi connectivity index (χ0v) is 10.1. The van der Waals surface area contributed by atoms with Crippen molar-refractivity contribution >= 4 is 11.6 Å². The number of nitrogens with zero attached hydrogens (tertiary/aromatic N) is 2. The third-order valence-corrected chi connectivity index (χ3v) is 2.67. The molecule has 0 amide bonds. The Morgan fingerprint density at radius 3 is 3.00 bits per heavy atom. The van der Waals surface area contributed by atoms with Crippen LogP contribution in [0.3, 0.4) is 0 Å². The monoisotopic (exact) mass is 271 g/mol. The normalized spacial score (nSPS) is 12.7. The standard InChI is InChI=1S/C11H11ClFN3O2/c12-7-3-1-2-6(10(7)13)4-9-15-11(18-16-9)8(14)5-17/h1-3,8,17H,4-5,14H2. The van der Waals surface area contributed by atoms with Crippen molar-refractivity contribution < 1.29 is 14.0 Å². The van der Waals surface area contributed by atoms with Crippen LogP contribution in [0.1, 0.15) is 23.3 Å². The number of benzene rings is 1. The number of hydrogen-bond acceptors (Lipinski definition) is 5. The van der Waals surface area contributed by atoms with Gasteiger partial charge in [-0.15, -0.1) is 0 Å². The molecule has 0 bridgehead atoms. The average Bonchev–Trinajstić information content (AvgIpc) is 2.82. The van der Waals surface area contributed by atoms with E-state index in [0.29, 0.717) is 5.56 Å². The van der Waals surface area contributed by atoms with Gasteiger partial charge in [-0.2, -0.15) is 4.98 Å². The molecule has 0 aliphatic heterocycles. The Morgan fingerprint density at radius 2 is 2.28 bits per heavy atom. The molecule has 1 heterocycles. The number of rotatable bonds is 4. The van der Waals surface area contributed by atoms with E-state index in [1.54, 1.807) is 12.1 Å². The van der Waals surface area contributed by atoms with E-state index in [1.807, 2.05) is 0 Å². The quantitative estimate of drug-likeness (QED) is 0.879. The molecule has 0 aliphatic carbocycles. The molecule has 2 rings (SSSR count). The topological polar surface area (TPSA) is 85.2 Å². The second-order valence-electron chi connectivity index (χ2n) is 3.73. The predicted octanol–water partition coefficient (Wildman–Crippen LogP) is 1.44. The zero-order chi connectivity index (χ0) is 13.1. The lowest BCUT2D eigenvalue weighted by Crippen LogP contribution is -2.14. The molecule has 18 heavy (non-hydrogen) atoms. The van der Waals surface area contributed by atoms with Crippen LogP contribution in [-0.2, 0) is 6.42 Å². The maximum atomic E-state index is 13.6. The molecular formula is C11H11ClFN3O2. The summed E-state index contributed by atoms with van der Waals surface area (Å²) in [7, 11) is 0. The number of hydrogen-bond donors (Lipinski definition) is 2. The second-order valence-corrected chi connectivity index (χ2v) is 4.13. The smallest absolute Gasteiger partial charge is 0.245 e. The van der Waals surface area contributed by atoms with Gasteiger partial charge in [0.15, 0.2) is 5.82 Å². The lowest BCUT2D eigenvalue weighted by Gasteiger charge is -2.01. The van der Waals surface area contributed by atoms with Crippen LogP contribution in [0.15, 0.2) is 22.7 Å². The van der Waals surface area contributed by atoms with Gasteiger partial charge in [0, 0.05) is 6.42 Å². The van der Waals surface area contributed by atoms with Gasteiger partial charge in [0.2, 0.25) is 5.89 Å². The molecule has 0 saturated heterocycles. The SMILES string of the molecule is NC(CO)c1nc(Cc2cccc(Cl)c2F)no1. The van der Waals surface area contributed by atoms with E-state index >= 15 is 0 Å². The summed E-state index contributed by atoms with van der Waals surface area (Å²) in [5.74, 6) is -0.0954. The third-order valence-electron chi connectivity index (χ3n) is 2.38. The second kappa shape index (κ2) is 5.43. The fraction of sp³-hybridized carbons (Fsp3) is 0.273. The van der Waals surface area contributed by atoms with E-state index in [9.17, 15) is 4.39 Å². The van der Waals surface area contributed by atoms with Gasteiger partial charge in [0.1, 0.15) is 11.9 Å². The van der Waals surface area contributed by atoms with Crippen LogP contribution >= 0.6 is 11.6 Å². The van der Waals surface area contributed by atoms with Crippen molar-refractivity contribution in [1.29, 1.82) is 0 Å². The Kier molecular flexibility index (Phi) is 3.90. The summed E-state index contributed by atoms with van der Waals surface area (Å²) in [6.45, 7) is -0.298. The van der Waals surface area contributed by atoms with E-state index in [0.717, 1.165) is 0 Å². The zero-order valence-electron chi connectivity index (χ0n) is 9.31. The van der Waals surface area contributed by atoms with Crippen LogP contribution < -0.4 is 5.73 Å². The highest BCUT2D eigenvalue weighted by Crippen LogP contribution is 2.20. The van der Waals surface area contributed by atoms with Crippen LogP contribution in [0.4, 0.5) is 4.39 Å². The van der Waals surface area contributed by atoms with E-state index < -0.39 is 11.9 Å². The first-order chi connectivity index (χ1) is 8.61. The fourth-order valence-electron chi connectivity index (χ4n) is 1.42. The molecule has 1 aromatic heterocycles. The van der Waals surface area contributed by atoms with E-state index in [2.05, 4.69) is 10.1 Å². The van der Waals surface area contributed by atoms with Crippen LogP contribution in [0, 0.1) is 5.82 Å². The van der Waals surface area contributed by atoms with Crippen molar-refractivity contribution in [3.05, 3.63) is 46.3 Å². The summed E-state index contributed by atoms with van der Waals surface area (Å²) in [4.78, 5) is 3.97. The largest absolute Gasteiger partial charge is 0.394 e. The van der Waals surface area contributed by atoms with E-state index in [-0.39, 0.29) is 29.8 Å². The molecule has 2 aromatic rings. The van der Waals surface area contributed by atoms with Gasteiger partial charge in [-0.3, -0.25) is 0 Å². The Bertz CT molecular complexity index is 547. The molecule has 0 aliphatic rings. The number of halogens is 2. The summed E-state index contributed by atoms with van der Waals surface area (Å²) in [6, 6.07) is 3.96. The lowest BCUT2D eigenvalue weighted by molar-refractivity contribution is 0.236. The Labute approximate surface area is 107 Å². The van der Waals surface area contributed by atoms with Crippen LogP contribution in [-0.4, -0.2) is 21.9 Å². The summed E-state index contributed by atoms with van der Waals surface area (Å²) in [6.07, 6.45) is 0.147. The van der Waals surface area contributed by atoms with Gasteiger partial charge < -0.3 is 15.4 Å². The minimum absolute atomic E-state index is 0.0447. The first-order valence-electron chi connectivity index (χ1n) is 5.23. The number of aliphatic hydroxyl groups is 1. The minimum Gasteiger partial charge on any atom is -0.394 e. The Hall–Kier alpha value is -1.50. The van der Waals surface area contributed by atoms with Crippen LogP contribution in [0.25, 0.3) is 0 Å². The summed E-state index contributed by atoms with van der Waals surface area (Å²) >= 11 is 5.67. The van der Waals surface area contributed by atoms with Crippen molar-refractivity contribution in [1.82, 2.24) is 10.1 Å². The number of aromatic nitrogens is 2. The summed E-state index contributed by atoms with van der Waals surface area (Å²) in [5.41, 5.74) is 5.88. The van der Waals surface area contributed by atoms with E-state index in [1.165, 1.54) is 6.07 Å². The Morgan fingerprint density at radius 1 is 1.50 bits per heavy atom. The molecule has 0 radical (unpaired) electrons. The number of aliphatic hydroxyl groups excluding tert-OH is 1. The highest BCUT2D eigenvalue weighted by atomic mass is 35.5. The van der Waals surface area contributed by atoms with E-state index in [4.69, 9.17) is 27.0 Å². The average molecular weight is 272 g/mol. The first kappa shape index (κ1) is 12.9. The molecule has 0 saturated carbocycles. The maximum Gasteiger partial charge on any atom is 0.245 e. The molecule has 1 aromatic carbocycles. The molecule has 0 spiro atoms. The van der Waals surface area contributed by atoms with Crippen LogP contribution in [0.2, 0.25) is 5.02 Å². The molecule has 1 atom stereocenters. The molecular weight excluding hydrogens is 261 g/mol. The van der Waals surface area contributed by atoms with Crippen molar-refractivity contribution in [2.45, 2.75) is 12.5 Å². The summed E-state index contributed by atoms with van der Waals surface area (Å²) in [5, 5.41) is 12.5. The van der Waals surface area contributed by atoms with Crippen molar-refractivity contribution in [3.63, 3.8) is 0 Å². The molecule has 0 fully saturated rings. The number of nitrogens with two attached hydrogens (primary N) is 1. The van der Waals surface area contributed by atoms with Crippen LogP contribution in [0.5, 0.6) is 0 Å². The van der Waals surface area contributed by atoms with Gasteiger partial charge in [0.05, 0.1) is 11.6 Å². The lowest BCUT2D eigenvalue weighted by atomic mass is 10.1. The third kappa shape index (κ3) is 2.66. The molecule has 96 valence electrons. The van der Waals surface area contributed by atoms with Gasteiger partial charge >= 0.3 is 0 Å². The highest BCUT2D eigenvalue weighted by Gasteiger charge is 2.15. The Balaban J connectivity index is 2.19. The fourth-order valence-corrected chi connectivity index (χ4v) is 1.62. The van der Waals surface area contributed by atoms with Gasteiger partial charge in [-0.05, 0) is 11.6 Å². The molecule has 5 nitrogen and oxygen atoms in total. The molecule has 3 N–H and O–H groups in total. The summed E-state index contributed by atoms with van der Waals surface area (Å²) < 4.78 is 18.5. The first-order valence-corrected chi connectivity index (χ1v) is 5.61. The minimum atomic E-state index is -0.726. The highest BCUT2D eigenvalue weighted by molar-refractivity contribution is 6.30. The molecule has 7 heteroatoms. The van der Waals surface area contributed by atoms with Gasteiger partial charge in [-0.25, -0.2) is 4.39 Å². The van der Waals surface area contributed by atoms with Crippen molar-refractivity contribution in [2.75, 3.05) is 6.61 Å². The predicted molar refractivity (Wildman–Crippen MR) is 62.5 cm³/mol. The van der Waals surface area contributed by atoms with Crippen molar-refractivity contribution in [3.8, 4) is 0 Å². The maximum absolute atomic E-state index is 13.6. The van der Waals surface area contributed by atoms with Gasteiger partial charge in [0.25, 0.3) is 0 Å². The van der Waals surface area contributed by atoms with Crippen molar-refractivity contribution in [2.24, 2.45) is 5.73 Å². The molecule has 1 unspecified atom stereocenters. The van der Waals surface area contributed by atoms with Gasteiger partial charge in [-0.1, -0.05) is 28.9 Å².